The van der Waals surface area contributed by atoms with Gasteiger partial charge in [0.2, 0.25) is 0 Å². The van der Waals surface area contributed by atoms with Gasteiger partial charge in [-0.1, -0.05) is 36.4 Å². The maximum atomic E-state index is 13.4. The van der Waals surface area contributed by atoms with Crippen LogP contribution < -0.4 is 5.56 Å². The molecule has 1 atom stereocenters. The van der Waals surface area contributed by atoms with Gasteiger partial charge in [0.15, 0.2) is 5.82 Å². The van der Waals surface area contributed by atoms with Crippen LogP contribution in [0.4, 0.5) is 0 Å². The van der Waals surface area contributed by atoms with Crippen molar-refractivity contribution in [2.75, 3.05) is 33.2 Å². The molecule has 33 heavy (non-hydrogen) atoms. The van der Waals surface area contributed by atoms with Crippen molar-refractivity contribution >= 4 is 10.9 Å². The van der Waals surface area contributed by atoms with E-state index in [9.17, 15) is 4.79 Å². The Labute approximate surface area is 192 Å². The van der Waals surface area contributed by atoms with Gasteiger partial charge in [-0.25, -0.2) is 4.68 Å². The van der Waals surface area contributed by atoms with E-state index in [1.165, 1.54) is 0 Å². The lowest BCUT2D eigenvalue weighted by Gasteiger charge is -2.37. The van der Waals surface area contributed by atoms with Crippen LogP contribution in [0.1, 0.15) is 34.1 Å². The Morgan fingerprint density at radius 2 is 1.79 bits per heavy atom. The molecule has 5 rings (SSSR count). The quantitative estimate of drug-likeness (QED) is 0.510. The highest BCUT2D eigenvalue weighted by Crippen LogP contribution is 2.29. The molecule has 170 valence electrons. The third kappa shape index (κ3) is 4.31. The zero-order valence-electron chi connectivity index (χ0n) is 19.3. The highest BCUT2D eigenvalue weighted by Gasteiger charge is 2.32. The first-order chi connectivity index (χ1) is 16.0. The summed E-state index contributed by atoms with van der Waals surface area (Å²) in [5, 5.41) is 13.8. The SMILES string of the molecule is Cc1cc(C)c2cc(C(c3nnnn3Cc3ccccc3)N3CCN(C)CC3)c(=O)[nH]c2c1. The number of nitrogens with one attached hydrogen (secondary N) is 1. The Kier molecular flexibility index (Phi) is 5.78. The molecular formula is C25H29N7O. The molecular weight excluding hydrogens is 414 g/mol. The number of tetrazole rings is 1. The summed E-state index contributed by atoms with van der Waals surface area (Å²) < 4.78 is 1.82. The van der Waals surface area contributed by atoms with Crippen LogP contribution in [0.15, 0.2) is 53.3 Å². The molecule has 0 amide bonds. The molecule has 1 unspecified atom stereocenters. The van der Waals surface area contributed by atoms with Crippen molar-refractivity contribution in [2.24, 2.45) is 0 Å². The van der Waals surface area contributed by atoms with E-state index in [-0.39, 0.29) is 11.6 Å². The maximum absolute atomic E-state index is 13.4. The number of fused-ring (bicyclic) bond motifs is 1. The van der Waals surface area contributed by atoms with Crippen molar-refractivity contribution in [1.82, 2.24) is 35.0 Å². The summed E-state index contributed by atoms with van der Waals surface area (Å²) >= 11 is 0. The Morgan fingerprint density at radius 3 is 2.55 bits per heavy atom. The Bertz CT molecular complexity index is 1320. The van der Waals surface area contributed by atoms with Gasteiger partial charge in [0.1, 0.15) is 6.04 Å². The third-order valence-electron chi connectivity index (χ3n) is 6.52. The molecule has 0 spiro atoms. The molecule has 1 aliphatic rings. The molecule has 1 saturated heterocycles. The average Bonchev–Trinajstić information content (AvgIpc) is 3.24. The summed E-state index contributed by atoms with van der Waals surface area (Å²) in [6, 6.07) is 16.0. The smallest absolute Gasteiger partial charge is 0.253 e. The van der Waals surface area contributed by atoms with Crippen molar-refractivity contribution < 1.29 is 0 Å². The number of piperazine rings is 1. The van der Waals surface area contributed by atoms with Gasteiger partial charge >= 0.3 is 0 Å². The lowest BCUT2D eigenvalue weighted by molar-refractivity contribution is 0.121. The number of likely N-dealkylation sites (N-methyl/N-ethyl adjacent to an activating group) is 1. The minimum Gasteiger partial charge on any atom is -0.322 e. The highest BCUT2D eigenvalue weighted by atomic mass is 16.1. The largest absolute Gasteiger partial charge is 0.322 e. The van der Waals surface area contributed by atoms with E-state index in [2.05, 4.69) is 62.5 Å². The van der Waals surface area contributed by atoms with Gasteiger partial charge in [-0.2, -0.15) is 0 Å². The van der Waals surface area contributed by atoms with E-state index in [0.717, 1.165) is 53.8 Å². The Balaban J connectivity index is 1.63. The van der Waals surface area contributed by atoms with Gasteiger partial charge in [-0.3, -0.25) is 9.69 Å². The molecule has 8 nitrogen and oxygen atoms in total. The van der Waals surface area contributed by atoms with E-state index < -0.39 is 0 Å². The second-order valence-electron chi connectivity index (χ2n) is 9.02. The predicted octanol–water partition coefficient (Wildman–Crippen LogP) is 2.52. The molecule has 0 saturated carbocycles. The summed E-state index contributed by atoms with van der Waals surface area (Å²) in [4.78, 5) is 21.2. The van der Waals surface area contributed by atoms with Crippen molar-refractivity contribution in [3.8, 4) is 0 Å². The van der Waals surface area contributed by atoms with E-state index in [4.69, 9.17) is 0 Å². The second-order valence-corrected chi connectivity index (χ2v) is 9.02. The lowest BCUT2D eigenvalue weighted by atomic mass is 9.99. The number of hydrogen-bond donors (Lipinski definition) is 1. The van der Waals surface area contributed by atoms with Crippen molar-refractivity contribution in [3.05, 3.63) is 87.0 Å². The topological polar surface area (TPSA) is 82.9 Å². The molecule has 2 aromatic heterocycles. The lowest BCUT2D eigenvalue weighted by Crippen LogP contribution is -2.47. The number of H-pyrrole nitrogens is 1. The number of aromatic nitrogens is 5. The third-order valence-corrected chi connectivity index (χ3v) is 6.52. The fraction of sp³-hybridized carbons (Fsp3) is 0.360. The van der Waals surface area contributed by atoms with Gasteiger partial charge in [0.25, 0.3) is 5.56 Å². The van der Waals surface area contributed by atoms with Crippen molar-refractivity contribution in [2.45, 2.75) is 26.4 Å². The molecule has 1 N–H and O–H groups in total. The molecule has 1 fully saturated rings. The first kappa shape index (κ1) is 21.5. The normalized spacial score (nSPS) is 16.3. The van der Waals surface area contributed by atoms with Crippen LogP contribution >= 0.6 is 0 Å². The summed E-state index contributed by atoms with van der Waals surface area (Å²) in [5.74, 6) is 0.693. The number of rotatable bonds is 5. The number of benzene rings is 2. The molecule has 0 aliphatic carbocycles. The first-order valence-corrected chi connectivity index (χ1v) is 11.4. The molecule has 3 heterocycles. The Morgan fingerprint density at radius 1 is 1.03 bits per heavy atom. The minimum atomic E-state index is -0.328. The zero-order chi connectivity index (χ0) is 22.9. The minimum absolute atomic E-state index is 0.0920. The van der Waals surface area contributed by atoms with Crippen LogP contribution in [0.5, 0.6) is 0 Å². The first-order valence-electron chi connectivity index (χ1n) is 11.4. The molecule has 4 aromatic rings. The Hall–Kier alpha value is -3.36. The van der Waals surface area contributed by atoms with Gasteiger partial charge in [-0.05, 0) is 60.1 Å². The fourth-order valence-corrected chi connectivity index (χ4v) is 4.75. The number of pyridine rings is 1. The van der Waals surface area contributed by atoms with Gasteiger partial charge in [0.05, 0.1) is 6.54 Å². The van der Waals surface area contributed by atoms with Crippen molar-refractivity contribution in [1.29, 1.82) is 0 Å². The number of aromatic amines is 1. The zero-order valence-corrected chi connectivity index (χ0v) is 19.3. The maximum Gasteiger partial charge on any atom is 0.253 e. The van der Waals surface area contributed by atoms with Crippen LogP contribution in [-0.2, 0) is 6.54 Å². The van der Waals surface area contributed by atoms with E-state index in [0.29, 0.717) is 17.9 Å². The van der Waals surface area contributed by atoms with Gasteiger partial charge in [-0.15, -0.1) is 5.10 Å². The molecule has 0 bridgehead atoms. The predicted molar refractivity (Wildman–Crippen MR) is 128 cm³/mol. The van der Waals surface area contributed by atoms with Crippen LogP contribution in [0.3, 0.4) is 0 Å². The summed E-state index contributed by atoms with van der Waals surface area (Å²) in [6.45, 7) is 8.22. The van der Waals surface area contributed by atoms with Crippen LogP contribution in [0.2, 0.25) is 0 Å². The molecule has 1 aliphatic heterocycles. The van der Waals surface area contributed by atoms with Crippen LogP contribution in [0.25, 0.3) is 10.9 Å². The van der Waals surface area contributed by atoms with E-state index >= 15 is 0 Å². The highest BCUT2D eigenvalue weighted by molar-refractivity contribution is 5.83. The van der Waals surface area contributed by atoms with E-state index in [1.54, 1.807) is 0 Å². The molecule has 0 radical (unpaired) electrons. The van der Waals surface area contributed by atoms with Crippen LogP contribution in [-0.4, -0.2) is 68.2 Å². The standard InChI is InChI=1S/C25H29N7O/c1-17-13-18(2)20-15-21(25(33)26-22(20)14-17)23(31-11-9-30(3)10-12-31)24-27-28-29-32(24)16-19-7-5-4-6-8-19/h4-8,13-15,23H,9-12,16H2,1-3H3,(H,26,33). The fourth-order valence-electron chi connectivity index (χ4n) is 4.75. The average molecular weight is 444 g/mol. The van der Waals surface area contributed by atoms with E-state index in [1.807, 2.05) is 41.9 Å². The summed E-state index contributed by atoms with van der Waals surface area (Å²) in [7, 11) is 2.13. The summed E-state index contributed by atoms with van der Waals surface area (Å²) in [6.07, 6.45) is 0. The number of nitrogens with zero attached hydrogens (tertiary/aromatic N) is 6. The van der Waals surface area contributed by atoms with Crippen molar-refractivity contribution in [3.63, 3.8) is 0 Å². The monoisotopic (exact) mass is 443 g/mol. The number of hydrogen-bond acceptors (Lipinski definition) is 6. The molecule has 8 heteroatoms. The van der Waals surface area contributed by atoms with Gasteiger partial charge < -0.3 is 9.88 Å². The number of aryl methyl sites for hydroxylation is 2. The second kappa shape index (κ2) is 8.88. The molecule has 2 aromatic carbocycles. The summed E-state index contributed by atoms with van der Waals surface area (Å²) in [5.41, 5.74) is 4.84. The van der Waals surface area contributed by atoms with Crippen LogP contribution in [0, 0.1) is 13.8 Å². The van der Waals surface area contributed by atoms with Gasteiger partial charge in [0, 0.05) is 42.6 Å².